The van der Waals surface area contributed by atoms with Crippen LogP contribution in [0, 0.1) is 0 Å². The highest BCUT2D eigenvalue weighted by molar-refractivity contribution is 6.02. The molecule has 0 atom stereocenters. The summed E-state index contributed by atoms with van der Waals surface area (Å²) in [7, 11) is 0. The van der Waals surface area contributed by atoms with Crippen molar-refractivity contribution in [2.24, 2.45) is 5.10 Å². The lowest BCUT2D eigenvalue weighted by Crippen LogP contribution is -2.13. The Kier molecular flexibility index (Phi) is 3.30. The number of rotatable bonds is 3. The molecule has 2 aromatic carbocycles. The average molecular weight is 281 g/mol. The second-order valence-electron chi connectivity index (χ2n) is 4.26. The molecule has 3 aromatic rings. The van der Waals surface area contributed by atoms with E-state index in [9.17, 15) is 9.90 Å². The average Bonchev–Trinajstić information content (AvgIpc) is 2.50. The van der Waals surface area contributed by atoms with Crippen molar-refractivity contribution in [3.05, 3.63) is 58.6 Å². The van der Waals surface area contributed by atoms with E-state index in [1.165, 1.54) is 12.4 Å². The number of hydrogen-bond donors (Lipinski definition) is 3. The van der Waals surface area contributed by atoms with Gasteiger partial charge in [0.1, 0.15) is 5.75 Å². The van der Waals surface area contributed by atoms with E-state index >= 15 is 0 Å². The standard InChI is InChI=1S/C14H11N5O2/c20-12-6-5-9-3-1-2-4-10(9)11(12)7-15-18-13-8-16-19-14(21)17-13/h1-8,20H,(H2,17,18,19,21)/b15-7-. The van der Waals surface area contributed by atoms with Crippen molar-refractivity contribution in [3.63, 3.8) is 0 Å². The number of nitrogens with one attached hydrogen (secondary N) is 2. The van der Waals surface area contributed by atoms with Crippen molar-refractivity contribution in [1.29, 1.82) is 0 Å². The number of H-pyrrole nitrogens is 1. The lowest BCUT2D eigenvalue weighted by molar-refractivity contribution is 0.475. The number of aromatic amines is 1. The molecule has 104 valence electrons. The van der Waals surface area contributed by atoms with Gasteiger partial charge < -0.3 is 5.11 Å². The van der Waals surface area contributed by atoms with E-state index < -0.39 is 5.69 Å². The highest BCUT2D eigenvalue weighted by Crippen LogP contribution is 2.25. The number of anilines is 1. The third kappa shape index (κ3) is 2.71. The van der Waals surface area contributed by atoms with Gasteiger partial charge >= 0.3 is 5.69 Å². The van der Waals surface area contributed by atoms with Crippen LogP contribution in [0.1, 0.15) is 5.56 Å². The molecule has 0 fully saturated rings. The first kappa shape index (κ1) is 12.8. The Morgan fingerprint density at radius 2 is 2.10 bits per heavy atom. The Balaban J connectivity index is 1.92. The summed E-state index contributed by atoms with van der Waals surface area (Å²) in [6.45, 7) is 0. The minimum atomic E-state index is -0.566. The van der Waals surface area contributed by atoms with Crippen LogP contribution in [0.5, 0.6) is 5.75 Å². The summed E-state index contributed by atoms with van der Waals surface area (Å²) in [5.74, 6) is 0.339. The summed E-state index contributed by atoms with van der Waals surface area (Å²) in [5.41, 5.74) is 2.61. The van der Waals surface area contributed by atoms with E-state index in [-0.39, 0.29) is 11.6 Å². The molecule has 0 spiro atoms. The van der Waals surface area contributed by atoms with E-state index in [0.717, 1.165) is 10.8 Å². The first-order valence-electron chi connectivity index (χ1n) is 6.15. The molecule has 0 radical (unpaired) electrons. The molecule has 7 nitrogen and oxygen atoms in total. The minimum absolute atomic E-state index is 0.122. The molecule has 0 aliphatic heterocycles. The fourth-order valence-electron chi connectivity index (χ4n) is 1.95. The Bertz CT molecular complexity index is 872. The van der Waals surface area contributed by atoms with Crippen LogP contribution < -0.4 is 11.1 Å². The molecule has 3 rings (SSSR count). The number of phenolic OH excluding ortho intramolecular Hbond substituents is 1. The van der Waals surface area contributed by atoms with Gasteiger partial charge in [-0.3, -0.25) is 5.43 Å². The summed E-state index contributed by atoms with van der Waals surface area (Å²) < 4.78 is 0. The molecule has 7 heteroatoms. The van der Waals surface area contributed by atoms with Crippen molar-refractivity contribution < 1.29 is 5.11 Å². The Morgan fingerprint density at radius 3 is 2.95 bits per heavy atom. The topological polar surface area (TPSA) is 103 Å². The number of benzene rings is 2. The third-order valence-corrected chi connectivity index (χ3v) is 2.89. The number of aromatic hydroxyl groups is 1. The fourth-order valence-corrected chi connectivity index (χ4v) is 1.95. The van der Waals surface area contributed by atoms with Gasteiger partial charge in [-0.25, -0.2) is 9.89 Å². The van der Waals surface area contributed by atoms with Crippen LogP contribution >= 0.6 is 0 Å². The zero-order valence-corrected chi connectivity index (χ0v) is 10.8. The number of aromatic nitrogens is 3. The molecule has 0 aliphatic rings. The SMILES string of the molecule is O=c1nc(N/N=C\c2c(O)ccc3ccccc23)cn[nH]1. The fraction of sp³-hybridized carbons (Fsp3) is 0. The summed E-state index contributed by atoms with van der Waals surface area (Å²) in [6.07, 6.45) is 2.81. The van der Waals surface area contributed by atoms with Crippen LogP contribution in [0.25, 0.3) is 10.8 Å². The first-order chi connectivity index (χ1) is 10.2. The Labute approximate surface area is 119 Å². The molecule has 0 saturated carbocycles. The van der Waals surface area contributed by atoms with Crippen molar-refractivity contribution in [2.45, 2.75) is 0 Å². The second kappa shape index (κ2) is 5.41. The minimum Gasteiger partial charge on any atom is -0.507 e. The van der Waals surface area contributed by atoms with Crippen LogP contribution in [-0.4, -0.2) is 26.5 Å². The van der Waals surface area contributed by atoms with Crippen molar-refractivity contribution in [2.75, 3.05) is 5.43 Å². The van der Waals surface area contributed by atoms with E-state index in [1.54, 1.807) is 6.07 Å². The normalized spacial score (nSPS) is 11.0. The Morgan fingerprint density at radius 1 is 1.24 bits per heavy atom. The number of hydrazone groups is 1. The molecule has 0 unspecified atom stereocenters. The van der Waals surface area contributed by atoms with Crippen LogP contribution in [0.2, 0.25) is 0 Å². The zero-order chi connectivity index (χ0) is 14.7. The predicted octanol–water partition coefficient (Wildman–Crippen LogP) is 1.47. The highest BCUT2D eigenvalue weighted by atomic mass is 16.3. The van der Waals surface area contributed by atoms with Gasteiger partial charge in [-0.15, -0.1) is 0 Å². The van der Waals surface area contributed by atoms with Gasteiger partial charge in [-0.2, -0.15) is 15.2 Å². The number of nitrogens with zero attached hydrogens (tertiary/aromatic N) is 3. The molecule has 0 amide bonds. The maximum Gasteiger partial charge on any atom is 0.363 e. The maximum atomic E-state index is 11.0. The first-order valence-corrected chi connectivity index (χ1v) is 6.15. The lowest BCUT2D eigenvalue weighted by Gasteiger charge is -2.04. The van der Waals surface area contributed by atoms with Crippen LogP contribution in [0.3, 0.4) is 0 Å². The molecule has 0 aliphatic carbocycles. The molecular formula is C14H11N5O2. The third-order valence-electron chi connectivity index (χ3n) is 2.89. The summed E-state index contributed by atoms with van der Waals surface area (Å²) >= 11 is 0. The summed E-state index contributed by atoms with van der Waals surface area (Å²) in [4.78, 5) is 14.6. The number of fused-ring (bicyclic) bond motifs is 1. The zero-order valence-electron chi connectivity index (χ0n) is 10.8. The molecule has 0 bridgehead atoms. The van der Waals surface area contributed by atoms with Crippen LogP contribution in [0.15, 0.2) is 52.5 Å². The molecule has 1 aromatic heterocycles. The van der Waals surface area contributed by atoms with Gasteiger partial charge in [0.15, 0.2) is 5.82 Å². The largest absolute Gasteiger partial charge is 0.507 e. The van der Waals surface area contributed by atoms with Gasteiger partial charge in [0, 0.05) is 5.56 Å². The van der Waals surface area contributed by atoms with E-state index in [2.05, 4.69) is 25.7 Å². The smallest absolute Gasteiger partial charge is 0.363 e. The van der Waals surface area contributed by atoms with Crippen molar-refractivity contribution in [1.82, 2.24) is 15.2 Å². The predicted molar refractivity (Wildman–Crippen MR) is 79.5 cm³/mol. The molecular weight excluding hydrogens is 270 g/mol. The number of phenols is 1. The summed E-state index contributed by atoms with van der Waals surface area (Å²) in [5, 5.41) is 21.5. The van der Waals surface area contributed by atoms with Crippen molar-refractivity contribution >= 4 is 22.8 Å². The molecule has 0 saturated heterocycles. The van der Waals surface area contributed by atoms with Gasteiger partial charge in [0.2, 0.25) is 0 Å². The van der Waals surface area contributed by atoms with Crippen molar-refractivity contribution in [3.8, 4) is 5.75 Å². The lowest BCUT2D eigenvalue weighted by atomic mass is 10.0. The van der Waals surface area contributed by atoms with Crippen LogP contribution in [0.4, 0.5) is 5.82 Å². The van der Waals surface area contributed by atoms with Crippen LogP contribution in [-0.2, 0) is 0 Å². The van der Waals surface area contributed by atoms with Gasteiger partial charge in [0.25, 0.3) is 0 Å². The van der Waals surface area contributed by atoms with Gasteiger partial charge in [0.05, 0.1) is 12.4 Å². The maximum absolute atomic E-state index is 11.0. The van der Waals surface area contributed by atoms with Gasteiger partial charge in [-0.1, -0.05) is 30.3 Å². The molecule has 21 heavy (non-hydrogen) atoms. The summed E-state index contributed by atoms with van der Waals surface area (Å²) in [6, 6.07) is 11.1. The van der Waals surface area contributed by atoms with E-state index in [1.807, 2.05) is 30.3 Å². The number of hydrogen-bond acceptors (Lipinski definition) is 6. The second-order valence-corrected chi connectivity index (χ2v) is 4.26. The van der Waals surface area contributed by atoms with E-state index in [0.29, 0.717) is 5.56 Å². The van der Waals surface area contributed by atoms with E-state index in [4.69, 9.17) is 0 Å². The van der Waals surface area contributed by atoms with Gasteiger partial charge in [-0.05, 0) is 16.8 Å². The monoisotopic (exact) mass is 281 g/mol. The Hall–Kier alpha value is -3.22. The highest BCUT2D eigenvalue weighted by Gasteiger charge is 2.04. The quantitative estimate of drug-likeness (QED) is 0.498. The molecule has 1 heterocycles. The molecule has 3 N–H and O–H groups in total.